The van der Waals surface area contributed by atoms with Crippen molar-refractivity contribution in [3.8, 4) is 11.8 Å². The molecule has 1 rings (SSSR count). The standard InChI is InChI=1S/C12H20N2O2/c1-3-5-11(2)13-16-9-8-14-7-4-6-12(14)10-15/h12,15H,4,6-10H2,1-2H3/b13-11-/t12-/m1/s1. The van der Waals surface area contributed by atoms with Crippen LogP contribution < -0.4 is 0 Å². The lowest BCUT2D eigenvalue weighted by Gasteiger charge is -2.21. The molecule has 0 aromatic heterocycles. The number of aliphatic hydroxyl groups is 1. The van der Waals surface area contributed by atoms with Crippen LogP contribution >= 0.6 is 0 Å². The van der Waals surface area contributed by atoms with Crippen molar-refractivity contribution in [1.82, 2.24) is 4.90 Å². The molecule has 1 saturated heterocycles. The van der Waals surface area contributed by atoms with E-state index in [1.165, 1.54) is 0 Å². The lowest BCUT2D eigenvalue weighted by molar-refractivity contribution is 0.0898. The van der Waals surface area contributed by atoms with Crippen LogP contribution in [0.15, 0.2) is 5.16 Å². The third kappa shape index (κ3) is 4.21. The molecule has 0 bridgehead atoms. The van der Waals surface area contributed by atoms with Gasteiger partial charge in [-0.3, -0.25) is 4.90 Å². The highest BCUT2D eigenvalue weighted by molar-refractivity contribution is 5.97. The molecule has 16 heavy (non-hydrogen) atoms. The smallest absolute Gasteiger partial charge is 0.129 e. The van der Waals surface area contributed by atoms with E-state index >= 15 is 0 Å². The largest absolute Gasteiger partial charge is 0.395 e. The summed E-state index contributed by atoms with van der Waals surface area (Å²) < 4.78 is 0. The van der Waals surface area contributed by atoms with Gasteiger partial charge in [0.1, 0.15) is 12.3 Å². The van der Waals surface area contributed by atoms with Gasteiger partial charge in [0.2, 0.25) is 0 Å². The molecule has 0 saturated carbocycles. The zero-order valence-electron chi connectivity index (χ0n) is 10.1. The molecule has 1 aliphatic heterocycles. The molecule has 0 aromatic carbocycles. The van der Waals surface area contributed by atoms with Crippen molar-refractivity contribution in [2.75, 3.05) is 26.3 Å². The van der Waals surface area contributed by atoms with Crippen LogP contribution in [0.1, 0.15) is 26.7 Å². The third-order valence-corrected chi connectivity index (χ3v) is 2.69. The average molecular weight is 224 g/mol. The van der Waals surface area contributed by atoms with Crippen molar-refractivity contribution in [3.05, 3.63) is 0 Å². The Morgan fingerprint density at radius 2 is 2.44 bits per heavy atom. The number of hydrogen-bond donors (Lipinski definition) is 1. The van der Waals surface area contributed by atoms with Gasteiger partial charge < -0.3 is 9.94 Å². The van der Waals surface area contributed by atoms with Crippen LogP contribution in [0.2, 0.25) is 0 Å². The highest BCUT2D eigenvalue weighted by Crippen LogP contribution is 2.15. The Hall–Kier alpha value is -1.05. The summed E-state index contributed by atoms with van der Waals surface area (Å²) in [6.45, 7) is 6.26. The van der Waals surface area contributed by atoms with Crippen molar-refractivity contribution in [2.24, 2.45) is 5.16 Å². The van der Waals surface area contributed by atoms with E-state index < -0.39 is 0 Å². The molecular weight excluding hydrogens is 204 g/mol. The monoisotopic (exact) mass is 224 g/mol. The highest BCUT2D eigenvalue weighted by Gasteiger charge is 2.22. The van der Waals surface area contributed by atoms with Crippen LogP contribution in [0, 0.1) is 11.8 Å². The van der Waals surface area contributed by atoms with Gasteiger partial charge in [0.25, 0.3) is 0 Å². The predicted octanol–water partition coefficient (Wildman–Crippen LogP) is 0.859. The third-order valence-electron chi connectivity index (χ3n) is 2.69. The lowest BCUT2D eigenvalue weighted by Crippen LogP contribution is -2.34. The van der Waals surface area contributed by atoms with E-state index in [2.05, 4.69) is 21.9 Å². The second-order valence-corrected chi connectivity index (χ2v) is 3.90. The van der Waals surface area contributed by atoms with Gasteiger partial charge >= 0.3 is 0 Å². The topological polar surface area (TPSA) is 45.1 Å². The summed E-state index contributed by atoms with van der Waals surface area (Å²) in [5.41, 5.74) is 0.697. The minimum atomic E-state index is 0.240. The maximum Gasteiger partial charge on any atom is 0.129 e. The minimum Gasteiger partial charge on any atom is -0.395 e. The van der Waals surface area contributed by atoms with Gasteiger partial charge in [0, 0.05) is 12.6 Å². The fourth-order valence-corrected chi connectivity index (χ4v) is 1.90. The average Bonchev–Trinajstić information content (AvgIpc) is 2.72. The SMILES string of the molecule is CC#C/C(C)=N\OCCN1CCC[C@@H]1CO. The van der Waals surface area contributed by atoms with Crippen LogP contribution in [0.4, 0.5) is 0 Å². The summed E-state index contributed by atoms with van der Waals surface area (Å²) in [7, 11) is 0. The second kappa shape index (κ2) is 7.26. The van der Waals surface area contributed by atoms with Gasteiger partial charge in [-0.15, -0.1) is 0 Å². The molecule has 1 N–H and O–H groups in total. The van der Waals surface area contributed by atoms with Crippen molar-refractivity contribution in [3.63, 3.8) is 0 Å². The van der Waals surface area contributed by atoms with E-state index in [0.29, 0.717) is 18.4 Å². The fraction of sp³-hybridized carbons (Fsp3) is 0.750. The molecule has 0 spiro atoms. The molecule has 0 aliphatic carbocycles. The first kappa shape index (κ1) is 13.0. The quantitative estimate of drug-likeness (QED) is 0.326. The Labute approximate surface area is 97.3 Å². The number of hydrogen-bond acceptors (Lipinski definition) is 4. The Balaban J connectivity index is 2.19. The first-order valence-corrected chi connectivity index (χ1v) is 5.72. The van der Waals surface area contributed by atoms with Gasteiger partial charge in [0.05, 0.1) is 6.61 Å². The highest BCUT2D eigenvalue weighted by atomic mass is 16.6. The van der Waals surface area contributed by atoms with Gasteiger partial charge in [-0.1, -0.05) is 11.1 Å². The summed E-state index contributed by atoms with van der Waals surface area (Å²) in [5.74, 6) is 5.58. The van der Waals surface area contributed by atoms with Crippen molar-refractivity contribution >= 4 is 5.71 Å². The zero-order chi connectivity index (χ0) is 11.8. The van der Waals surface area contributed by atoms with Crippen LogP contribution in [0.25, 0.3) is 0 Å². The summed E-state index contributed by atoms with van der Waals surface area (Å²) in [6.07, 6.45) is 2.24. The van der Waals surface area contributed by atoms with Crippen molar-refractivity contribution < 1.29 is 9.94 Å². The second-order valence-electron chi connectivity index (χ2n) is 3.90. The molecule has 1 heterocycles. The van der Waals surface area contributed by atoms with Gasteiger partial charge in [-0.25, -0.2) is 0 Å². The molecule has 4 nitrogen and oxygen atoms in total. The number of likely N-dealkylation sites (tertiary alicyclic amines) is 1. The maximum atomic E-state index is 9.12. The van der Waals surface area contributed by atoms with Crippen molar-refractivity contribution in [1.29, 1.82) is 0 Å². The van der Waals surface area contributed by atoms with E-state index in [4.69, 9.17) is 9.94 Å². The van der Waals surface area contributed by atoms with Crippen molar-refractivity contribution in [2.45, 2.75) is 32.7 Å². The zero-order valence-corrected chi connectivity index (χ0v) is 10.1. The summed E-state index contributed by atoms with van der Waals surface area (Å²) >= 11 is 0. The molecule has 1 fully saturated rings. The van der Waals surface area contributed by atoms with Crippen LogP contribution in [0.3, 0.4) is 0 Å². The Morgan fingerprint density at radius 1 is 1.62 bits per heavy atom. The van der Waals surface area contributed by atoms with Gasteiger partial charge in [-0.2, -0.15) is 0 Å². The lowest BCUT2D eigenvalue weighted by atomic mass is 10.2. The van der Waals surface area contributed by atoms with Crippen LogP contribution in [-0.2, 0) is 4.84 Å². The molecule has 1 aliphatic rings. The Kier molecular flexibility index (Phi) is 5.91. The molecular formula is C12H20N2O2. The first-order valence-electron chi connectivity index (χ1n) is 5.72. The molecule has 4 heteroatoms. The fourth-order valence-electron chi connectivity index (χ4n) is 1.90. The molecule has 0 aromatic rings. The predicted molar refractivity (Wildman–Crippen MR) is 64.2 cm³/mol. The Bertz CT molecular complexity index is 291. The first-order chi connectivity index (χ1) is 7.77. The molecule has 1 atom stereocenters. The normalized spacial score (nSPS) is 21.7. The van der Waals surface area contributed by atoms with E-state index in [-0.39, 0.29) is 6.61 Å². The maximum absolute atomic E-state index is 9.12. The number of aliphatic hydroxyl groups excluding tert-OH is 1. The summed E-state index contributed by atoms with van der Waals surface area (Å²) in [5, 5.41) is 13.0. The van der Waals surface area contributed by atoms with Gasteiger partial charge in [0.15, 0.2) is 0 Å². The Morgan fingerprint density at radius 3 is 3.12 bits per heavy atom. The van der Waals surface area contributed by atoms with Crippen LogP contribution in [-0.4, -0.2) is 48.1 Å². The molecule has 0 amide bonds. The van der Waals surface area contributed by atoms with E-state index in [1.54, 1.807) is 6.92 Å². The van der Waals surface area contributed by atoms with E-state index in [0.717, 1.165) is 25.9 Å². The minimum absolute atomic E-state index is 0.240. The molecule has 0 radical (unpaired) electrons. The number of nitrogens with zero attached hydrogens (tertiary/aromatic N) is 2. The molecule has 0 unspecified atom stereocenters. The molecule has 90 valence electrons. The number of oxime groups is 1. The van der Waals surface area contributed by atoms with Crippen LogP contribution in [0.5, 0.6) is 0 Å². The summed E-state index contributed by atoms with van der Waals surface area (Å²) in [6, 6.07) is 0.309. The van der Waals surface area contributed by atoms with E-state index in [1.807, 2.05) is 6.92 Å². The number of rotatable bonds is 5. The summed E-state index contributed by atoms with van der Waals surface area (Å²) in [4.78, 5) is 7.41. The van der Waals surface area contributed by atoms with E-state index in [9.17, 15) is 0 Å². The van der Waals surface area contributed by atoms with Gasteiger partial charge in [-0.05, 0) is 39.2 Å².